The van der Waals surface area contributed by atoms with Crippen molar-refractivity contribution >= 4 is 55.9 Å². The maximum absolute atomic E-state index is 12.6. The van der Waals surface area contributed by atoms with Crippen LogP contribution in [0, 0.1) is 0 Å². The minimum atomic E-state index is -0.569. The van der Waals surface area contributed by atoms with Gasteiger partial charge in [0, 0.05) is 4.47 Å². The quantitative estimate of drug-likeness (QED) is 0.414. The Hall–Kier alpha value is -3.46. The number of rotatable bonds is 6. The molecule has 0 aliphatic carbocycles. The lowest BCUT2D eigenvalue weighted by molar-refractivity contribution is 0.0488. The summed E-state index contributed by atoms with van der Waals surface area (Å²) in [6.07, 6.45) is 0. The van der Waals surface area contributed by atoms with Crippen molar-refractivity contribution in [3.63, 3.8) is 0 Å². The van der Waals surface area contributed by atoms with Gasteiger partial charge in [-0.3, -0.25) is 0 Å². The van der Waals surface area contributed by atoms with Crippen molar-refractivity contribution in [2.45, 2.75) is 13.5 Å². The lowest BCUT2D eigenvalue weighted by Crippen LogP contribution is -2.14. The summed E-state index contributed by atoms with van der Waals surface area (Å²) in [4.78, 5) is 34.1. The predicted octanol–water partition coefficient (Wildman–Crippen LogP) is 3.96. The molecule has 4 aromatic rings. The highest BCUT2D eigenvalue weighted by Crippen LogP contribution is 2.28. The topological polar surface area (TPSA) is 109 Å². The van der Waals surface area contributed by atoms with Gasteiger partial charge in [-0.05, 0) is 43.3 Å². The first-order valence-electron chi connectivity index (χ1n) is 9.64. The minimum Gasteiger partial charge on any atom is -0.462 e. The summed E-state index contributed by atoms with van der Waals surface area (Å²) in [5, 5.41) is 0. The monoisotopic (exact) mass is 482 g/mol. The molecular formula is C22H19BrN4O4. The summed E-state index contributed by atoms with van der Waals surface area (Å²) in [5.41, 5.74) is 8.98. The van der Waals surface area contributed by atoms with E-state index >= 15 is 0 Å². The number of carbonyl (C=O) groups is 2. The van der Waals surface area contributed by atoms with E-state index in [2.05, 4.69) is 25.9 Å². The molecule has 0 amide bonds. The Labute approximate surface area is 186 Å². The number of nitrogens with two attached hydrogens (primary N) is 1. The van der Waals surface area contributed by atoms with E-state index < -0.39 is 11.9 Å². The van der Waals surface area contributed by atoms with Crippen LogP contribution in [0.1, 0.15) is 27.6 Å². The van der Waals surface area contributed by atoms with Crippen LogP contribution >= 0.6 is 15.9 Å². The van der Waals surface area contributed by atoms with E-state index in [1.807, 2.05) is 24.3 Å². The summed E-state index contributed by atoms with van der Waals surface area (Å²) in [7, 11) is 0. The summed E-state index contributed by atoms with van der Waals surface area (Å²) >= 11 is 3.33. The molecule has 0 aliphatic heterocycles. The number of aromatic nitrogens is 3. The molecule has 0 fully saturated rings. The summed E-state index contributed by atoms with van der Waals surface area (Å²) in [6, 6.07) is 14.2. The number of hydrogen-bond donors (Lipinski definition) is 1. The largest absolute Gasteiger partial charge is 0.462 e. The molecule has 2 heterocycles. The van der Waals surface area contributed by atoms with Gasteiger partial charge in [-0.25, -0.2) is 19.6 Å². The molecule has 0 radical (unpaired) electrons. The molecular weight excluding hydrogens is 464 g/mol. The van der Waals surface area contributed by atoms with Gasteiger partial charge in [-0.2, -0.15) is 0 Å². The smallest absolute Gasteiger partial charge is 0.344 e. The number of benzene rings is 2. The number of para-hydroxylation sites is 2. The van der Waals surface area contributed by atoms with Crippen LogP contribution in [-0.2, 0) is 16.0 Å². The molecule has 4 rings (SSSR count). The molecule has 8 nitrogen and oxygen atoms in total. The molecule has 0 spiro atoms. The van der Waals surface area contributed by atoms with Crippen LogP contribution in [0.25, 0.3) is 22.2 Å². The third kappa shape index (κ3) is 4.09. The lowest BCUT2D eigenvalue weighted by Gasteiger charge is -2.09. The van der Waals surface area contributed by atoms with Crippen molar-refractivity contribution in [2.75, 3.05) is 18.9 Å². The van der Waals surface area contributed by atoms with E-state index in [4.69, 9.17) is 15.2 Å². The third-order valence-electron chi connectivity index (χ3n) is 4.70. The molecule has 2 aromatic heterocycles. The molecule has 0 bridgehead atoms. The zero-order valence-corrected chi connectivity index (χ0v) is 18.3. The summed E-state index contributed by atoms with van der Waals surface area (Å²) in [5.74, 6) is -0.853. The standard InChI is InChI=1S/C22H19BrN4O4/c1-2-30-22(29)17-18-20(26-16-6-4-3-5-15(16)25-18)27(19(17)24)11-12-31-21(28)13-7-9-14(23)10-8-13/h3-10H,2,11-12,24H2,1H3. The van der Waals surface area contributed by atoms with E-state index in [0.29, 0.717) is 27.8 Å². The van der Waals surface area contributed by atoms with Gasteiger partial charge in [-0.1, -0.05) is 28.1 Å². The normalized spacial score (nSPS) is 11.0. The van der Waals surface area contributed by atoms with Gasteiger partial charge in [0.15, 0.2) is 5.65 Å². The number of nitrogen functional groups attached to an aromatic ring is 1. The van der Waals surface area contributed by atoms with Gasteiger partial charge in [0.05, 0.1) is 29.7 Å². The van der Waals surface area contributed by atoms with Crippen LogP contribution in [0.4, 0.5) is 5.82 Å². The Balaban J connectivity index is 1.66. The molecule has 0 unspecified atom stereocenters. The fourth-order valence-corrected chi connectivity index (χ4v) is 3.51. The summed E-state index contributed by atoms with van der Waals surface area (Å²) in [6.45, 7) is 2.17. The van der Waals surface area contributed by atoms with Gasteiger partial charge in [0.1, 0.15) is 23.5 Å². The number of nitrogens with zero attached hydrogens (tertiary/aromatic N) is 3. The van der Waals surface area contributed by atoms with Crippen molar-refractivity contribution in [1.29, 1.82) is 0 Å². The van der Waals surface area contributed by atoms with E-state index in [1.165, 1.54) is 0 Å². The van der Waals surface area contributed by atoms with Crippen molar-refractivity contribution < 1.29 is 19.1 Å². The van der Waals surface area contributed by atoms with E-state index in [9.17, 15) is 9.59 Å². The minimum absolute atomic E-state index is 0.0413. The highest BCUT2D eigenvalue weighted by atomic mass is 79.9. The van der Waals surface area contributed by atoms with Crippen LogP contribution in [0.3, 0.4) is 0 Å². The van der Waals surface area contributed by atoms with E-state index in [0.717, 1.165) is 4.47 Å². The second-order valence-electron chi connectivity index (χ2n) is 6.66. The van der Waals surface area contributed by atoms with Gasteiger partial charge in [-0.15, -0.1) is 0 Å². The van der Waals surface area contributed by atoms with Gasteiger partial charge in [0.2, 0.25) is 0 Å². The van der Waals surface area contributed by atoms with Crippen molar-refractivity contribution in [1.82, 2.24) is 14.5 Å². The Morgan fingerprint density at radius 1 is 1.00 bits per heavy atom. The third-order valence-corrected chi connectivity index (χ3v) is 5.23. The number of fused-ring (bicyclic) bond motifs is 2. The van der Waals surface area contributed by atoms with Gasteiger partial charge in [0.25, 0.3) is 0 Å². The van der Waals surface area contributed by atoms with Crippen LogP contribution in [-0.4, -0.2) is 39.7 Å². The maximum Gasteiger partial charge on any atom is 0.344 e. The van der Waals surface area contributed by atoms with Gasteiger partial charge >= 0.3 is 11.9 Å². The van der Waals surface area contributed by atoms with Crippen molar-refractivity contribution in [3.05, 3.63) is 64.1 Å². The Morgan fingerprint density at radius 3 is 2.35 bits per heavy atom. The molecule has 0 saturated heterocycles. The van der Waals surface area contributed by atoms with Crippen LogP contribution < -0.4 is 5.73 Å². The molecule has 2 N–H and O–H groups in total. The highest BCUT2D eigenvalue weighted by Gasteiger charge is 2.25. The molecule has 0 aliphatic rings. The first-order valence-corrected chi connectivity index (χ1v) is 10.4. The second kappa shape index (κ2) is 8.73. The maximum atomic E-state index is 12.6. The number of carbonyl (C=O) groups excluding carboxylic acids is 2. The Kier molecular flexibility index (Phi) is 5.85. The summed E-state index contributed by atoms with van der Waals surface area (Å²) < 4.78 is 13.0. The lowest BCUT2D eigenvalue weighted by atomic mass is 10.2. The first kappa shape index (κ1) is 20.8. The number of ether oxygens (including phenoxy) is 2. The first-order chi connectivity index (χ1) is 15.0. The average Bonchev–Trinajstić information content (AvgIpc) is 3.03. The zero-order valence-electron chi connectivity index (χ0n) is 16.7. The van der Waals surface area contributed by atoms with Crippen LogP contribution in [0.15, 0.2) is 53.0 Å². The fraction of sp³-hybridized carbons (Fsp3) is 0.182. The zero-order chi connectivity index (χ0) is 22.0. The number of esters is 2. The second-order valence-corrected chi connectivity index (χ2v) is 7.58. The predicted molar refractivity (Wildman–Crippen MR) is 120 cm³/mol. The molecule has 9 heteroatoms. The molecule has 2 aromatic carbocycles. The average molecular weight is 483 g/mol. The molecule has 31 heavy (non-hydrogen) atoms. The Bertz CT molecular complexity index is 1280. The van der Waals surface area contributed by atoms with Crippen LogP contribution in [0.2, 0.25) is 0 Å². The van der Waals surface area contributed by atoms with Crippen molar-refractivity contribution in [2.24, 2.45) is 0 Å². The molecule has 0 saturated carbocycles. The molecule has 0 atom stereocenters. The number of anilines is 1. The van der Waals surface area contributed by atoms with E-state index in [1.54, 1.807) is 35.8 Å². The van der Waals surface area contributed by atoms with Crippen LogP contribution in [0.5, 0.6) is 0 Å². The van der Waals surface area contributed by atoms with E-state index in [-0.39, 0.29) is 31.1 Å². The SMILES string of the molecule is CCOC(=O)c1c(N)n(CCOC(=O)c2ccc(Br)cc2)c2nc3ccccc3nc12. The van der Waals surface area contributed by atoms with Crippen molar-refractivity contribution in [3.8, 4) is 0 Å². The highest BCUT2D eigenvalue weighted by molar-refractivity contribution is 9.10. The van der Waals surface area contributed by atoms with Gasteiger partial charge < -0.3 is 19.8 Å². The number of halogens is 1. The number of hydrogen-bond acceptors (Lipinski definition) is 7. The Morgan fingerprint density at radius 2 is 1.68 bits per heavy atom. The fourth-order valence-electron chi connectivity index (χ4n) is 3.25. The molecule has 158 valence electrons.